The summed E-state index contributed by atoms with van der Waals surface area (Å²) >= 11 is 0. The highest BCUT2D eigenvalue weighted by molar-refractivity contribution is 6.06. The Labute approximate surface area is 144 Å². The molecule has 0 fully saturated rings. The second kappa shape index (κ2) is 7.79. The summed E-state index contributed by atoms with van der Waals surface area (Å²) in [5.74, 6) is -3.55. The van der Waals surface area contributed by atoms with Gasteiger partial charge in [-0.05, 0) is 30.3 Å². The molecule has 2 amide bonds. The van der Waals surface area contributed by atoms with Crippen LogP contribution in [-0.4, -0.2) is 17.0 Å². The molecule has 0 heterocycles. The van der Waals surface area contributed by atoms with Gasteiger partial charge in [-0.3, -0.25) is 14.8 Å². The number of hydrogen-bond donors (Lipinski definition) is 3. The van der Waals surface area contributed by atoms with Crippen LogP contribution in [0, 0.1) is 0 Å². The highest BCUT2D eigenvalue weighted by atomic mass is 19.4. The van der Waals surface area contributed by atoms with E-state index in [-0.39, 0.29) is 16.8 Å². The van der Waals surface area contributed by atoms with Gasteiger partial charge in [0.2, 0.25) is 0 Å². The van der Waals surface area contributed by atoms with Crippen molar-refractivity contribution in [3.8, 4) is 0 Å². The van der Waals surface area contributed by atoms with E-state index in [4.69, 9.17) is 5.21 Å². The SMILES string of the molecule is O=C(NO)C(F)=Cc1ccccc1NC(=O)c1cccc(C(F)(F)F)c1. The topological polar surface area (TPSA) is 78.4 Å². The number of rotatable bonds is 4. The van der Waals surface area contributed by atoms with E-state index in [9.17, 15) is 27.2 Å². The minimum atomic E-state index is -4.60. The first-order chi connectivity index (χ1) is 12.2. The maximum absolute atomic E-state index is 13.6. The van der Waals surface area contributed by atoms with Gasteiger partial charge < -0.3 is 5.32 Å². The van der Waals surface area contributed by atoms with Gasteiger partial charge in [0.05, 0.1) is 5.56 Å². The molecule has 2 aromatic carbocycles. The Morgan fingerprint density at radius 2 is 1.73 bits per heavy atom. The number of nitrogens with one attached hydrogen (secondary N) is 2. The largest absolute Gasteiger partial charge is 0.416 e. The lowest BCUT2D eigenvalue weighted by Gasteiger charge is -2.11. The van der Waals surface area contributed by atoms with E-state index in [1.165, 1.54) is 30.3 Å². The van der Waals surface area contributed by atoms with Gasteiger partial charge in [0, 0.05) is 16.8 Å². The van der Waals surface area contributed by atoms with Gasteiger partial charge in [-0.15, -0.1) is 0 Å². The molecule has 136 valence electrons. The fraction of sp³-hybridized carbons (Fsp3) is 0.0588. The fourth-order valence-corrected chi connectivity index (χ4v) is 2.02. The second-order valence-corrected chi connectivity index (χ2v) is 5.05. The quantitative estimate of drug-likeness (QED) is 0.333. The Hall–Kier alpha value is -3.20. The zero-order valence-electron chi connectivity index (χ0n) is 13.0. The van der Waals surface area contributed by atoms with Gasteiger partial charge in [0.1, 0.15) is 0 Å². The van der Waals surface area contributed by atoms with Crippen LogP contribution in [0.2, 0.25) is 0 Å². The Balaban J connectivity index is 2.30. The van der Waals surface area contributed by atoms with Crippen LogP contribution in [0.25, 0.3) is 6.08 Å². The third-order valence-corrected chi connectivity index (χ3v) is 3.26. The van der Waals surface area contributed by atoms with Gasteiger partial charge in [0.15, 0.2) is 5.83 Å². The summed E-state index contributed by atoms with van der Waals surface area (Å²) in [5.41, 5.74) is 0.0328. The van der Waals surface area contributed by atoms with Crippen LogP contribution in [0.5, 0.6) is 0 Å². The smallest absolute Gasteiger partial charge is 0.321 e. The van der Waals surface area contributed by atoms with Crippen molar-refractivity contribution >= 4 is 23.6 Å². The zero-order valence-corrected chi connectivity index (χ0v) is 13.0. The van der Waals surface area contributed by atoms with Gasteiger partial charge in [-0.2, -0.15) is 13.2 Å². The van der Waals surface area contributed by atoms with Crippen LogP contribution < -0.4 is 10.8 Å². The predicted molar refractivity (Wildman–Crippen MR) is 84.9 cm³/mol. The molecule has 5 nitrogen and oxygen atoms in total. The number of amides is 2. The average Bonchev–Trinajstić information content (AvgIpc) is 2.61. The lowest BCUT2D eigenvalue weighted by Crippen LogP contribution is -2.18. The number of anilines is 1. The molecule has 26 heavy (non-hydrogen) atoms. The summed E-state index contributed by atoms with van der Waals surface area (Å²) < 4.78 is 51.8. The first-order valence-corrected chi connectivity index (χ1v) is 7.11. The number of carbonyl (C=O) groups excluding carboxylic acids is 2. The van der Waals surface area contributed by atoms with Crippen molar-refractivity contribution in [1.82, 2.24) is 5.48 Å². The Morgan fingerprint density at radius 3 is 2.38 bits per heavy atom. The number of benzene rings is 2. The molecule has 9 heteroatoms. The van der Waals surface area contributed by atoms with Crippen LogP contribution in [0.1, 0.15) is 21.5 Å². The molecule has 2 aromatic rings. The van der Waals surface area contributed by atoms with E-state index in [1.807, 2.05) is 0 Å². The lowest BCUT2D eigenvalue weighted by molar-refractivity contribution is -0.137. The number of halogens is 4. The second-order valence-electron chi connectivity index (χ2n) is 5.05. The number of alkyl halides is 3. The molecule has 0 atom stereocenters. The molecule has 0 spiro atoms. The first kappa shape index (κ1) is 19.1. The number of para-hydroxylation sites is 1. The highest BCUT2D eigenvalue weighted by Crippen LogP contribution is 2.30. The molecule has 0 aromatic heterocycles. The van der Waals surface area contributed by atoms with Gasteiger partial charge in [-0.25, -0.2) is 9.87 Å². The number of carbonyl (C=O) groups is 2. The summed E-state index contributed by atoms with van der Waals surface area (Å²) in [5, 5.41) is 10.8. The summed E-state index contributed by atoms with van der Waals surface area (Å²) in [4.78, 5) is 23.2. The van der Waals surface area contributed by atoms with Crippen molar-refractivity contribution in [2.45, 2.75) is 6.18 Å². The van der Waals surface area contributed by atoms with Gasteiger partial charge in [-0.1, -0.05) is 24.3 Å². The summed E-state index contributed by atoms with van der Waals surface area (Å²) in [6.07, 6.45) is -3.84. The van der Waals surface area contributed by atoms with Crippen molar-refractivity contribution in [2.24, 2.45) is 0 Å². The van der Waals surface area contributed by atoms with E-state index in [1.54, 1.807) is 0 Å². The molecule has 3 N–H and O–H groups in total. The van der Waals surface area contributed by atoms with Crippen molar-refractivity contribution in [3.63, 3.8) is 0 Å². The first-order valence-electron chi connectivity index (χ1n) is 7.11. The van der Waals surface area contributed by atoms with Gasteiger partial charge >= 0.3 is 12.1 Å². The Bertz CT molecular complexity index is 863. The monoisotopic (exact) mass is 368 g/mol. The molecule has 0 radical (unpaired) electrons. The number of hydrogen-bond acceptors (Lipinski definition) is 3. The Morgan fingerprint density at radius 1 is 1.04 bits per heavy atom. The standard InChI is InChI=1S/C17H12F4N2O3/c18-13(16(25)23-26)9-10-4-1-2-7-14(10)22-15(24)11-5-3-6-12(8-11)17(19,20)21/h1-9,26H,(H,22,24)(H,23,25). The summed E-state index contributed by atoms with van der Waals surface area (Å²) in [6.45, 7) is 0. The van der Waals surface area contributed by atoms with Crippen molar-refractivity contribution in [1.29, 1.82) is 0 Å². The summed E-state index contributed by atoms with van der Waals surface area (Å²) in [7, 11) is 0. The van der Waals surface area contributed by atoms with Gasteiger partial charge in [0.25, 0.3) is 5.91 Å². The molecule has 0 aliphatic rings. The van der Waals surface area contributed by atoms with E-state index in [2.05, 4.69) is 5.32 Å². The molecule has 0 unspecified atom stereocenters. The molecule has 2 rings (SSSR count). The fourth-order valence-electron chi connectivity index (χ4n) is 2.02. The molecule has 0 aliphatic carbocycles. The Kier molecular flexibility index (Phi) is 5.73. The molecular weight excluding hydrogens is 356 g/mol. The molecule has 0 aliphatic heterocycles. The predicted octanol–water partition coefficient (Wildman–Crippen LogP) is 3.77. The number of hydroxylamine groups is 1. The van der Waals surface area contributed by atoms with Crippen LogP contribution in [0.3, 0.4) is 0 Å². The normalized spacial score (nSPS) is 11.8. The van der Waals surface area contributed by atoms with Crippen molar-refractivity contribution < 1.29 is 32.4 Å². The zero-order chi connectivity index (χ0) is 19.3. The van der Waals surface area contributed by atoms with E-state index < -0.39 is 29.4 Å². The maximum Gasteiger partial charge on any atom is 0.416 e. The van der Waals surface area contributed by atoms with E-state index >= 15 is 0 Å². The van der Waals surface area contributed by atoms with Crippen LogP contribution in [0.15, 0.2) is 54.4 Å². The summed E-state index contributed by atoms with van der Waals surface area (Å²) in [6, 6.07) is 9.55. The average molecular weight is 368 g/mol. The highest BCUT2D eigenvalue weighted by Gasteiger charge is 2.30. The molecule has 0 saturated heterocycles. The molecule has 0 bridgehead atoms. The van der Waals surface area contributed by atoms with Crippen molar-refractivity contribution in [3.05, 3.63) is 71.0 Å². The minimum Gasteiger partial charge on any atom is -0.321 e. The minimum absolute atomic E-state index is 0.0656. The maximum atomic E-state index is 13.6. The van der Waals surface area contributed by atoms with E-state index in [0.717, 1.165) is 23.7 Å². The van der Waals surface area contributed by atoms with Crippen LogP contribution in [0.4, 0.5) is 23.2 Å². The van der Waals surface area contributed by atoms with Crippen LogP contribution in [-0.2, 0) is 11.0 Å². The third kappa shape index (κ3) is 4.67. The molecule has 0 saturated carbocycles. The van der Waals surface area contributed by atoms with Crippen LogP contribution >= 0.6 is 0 Å². The van der Waals surface area contributed by atoms with E-state index in [0.29, 0.717) is 6.07 Å². The third-order valence-electron chi connectivity index (χ3n) is 3.26. The lowest BCUT2D eigenvalue weighted by atomic mass is 10.1. The molecular formula is C17H12F4N2O3. The van der Waals surface area contributed by atoms with Crippen molar-refractivity contribution in [2.75, 3.05) is 5.32 Å².